The van der Waals surface area contributed by atoms with Crippen molar-refractivity contribution in [1.82, 2.24) is 24.7 Å². The van der Waals surface area contributed by atoms with Gasteiger partial charge in [-0.2, -0.15) is 18.3 Å². The molecular formula is C25H21F7N6O2. The van der Waals surface area contributed by atoms with Crippen molar-refractivity contribution in [3.63, 3.8) is 0 Å². The van der Waals surface area contributed by atoms with Gasteiger partial charge in [-0.05, 0) is 30.5 Å². The maximum Gasteiger partial charge on any atom is 0.423 e. The molecule has 0 aliphatic rings. The SMILES string of the molecule is C[C@@H](C[C@@H](F)Cn1ccc2cc(-c3ncc([C@@H](F)CF)cn3)c(F)cc2c1=O)Nc1cn[nH]c(=O)c1C(F)(F)F. The summed E-state index contributed by atoms with van der Waals surface area (Å²) in [4.78, 5) is 32.2. The molecule has 3 atom stereocenters. The highest BCUT2D eigenvalue weighted by Crippen LogP contribution is 2.32. The second-order valence-electron chi connectivity index (χ2n) is 9.02. The number of aromatic amines is 1. The van der Waals surface area contributed by atoms with Crippen LogP contribution < -0.4 is 16.4 Å². The molecule has 0 fully saturated rings. The number of fused-ring (bicyclic) bond motifs is 1. The van der Waals surface area contributed by atoms with Crippen LogP contribution in [-0.4, -0.2) is 43.6 Å². The Kier molecular flexibility index (Phi) is 8.21. The zero-order valence-electron chi connectivity index (χ0n) is 20.6. The van der Waals surface area contributed by atoms with Crippen LogP contribution in [0.25, 0.3) is 22.2 Å². The Bertz CT molecular complexity index is 1620. The molecule has 3 heterocycles. The van der Waals surface area contributed by atoms with Gasteiger partial charge in [0.2, 0.25) is 0 Å². The molecule has 15 heteroatoms. The zero-order chi connectivity index (χ0) is 29.2. The first-order chi connectivity index (χ1) is 18.9. The molecule has 0 aliphatic carbocycles. The molecule has 0 unspecified atom stereocenters. The van der Waals surface area contributed by atoms with Crippen molar-refractivity contribution in [2.24, 2.45) is 0 Å². The van der Waals surface area contributed by atoms with Gasteiger partial charge in [-0.25, -0.2) is 32.6 Å². The number of hydrogen-bond donors (Lipinski definition) is 2. The van der Waals surface area contributed by atoms with Crippen molar-refractivity contribution >= 4 is 16.5 Å². The predicted octanol–water partition coefficient (Wildman–Crippen LogP) is 4.91. The highest BCUT2D eigenvalue weighted by Gasteiger charge is 2.37. The van der Waals surface area contributed by atoms with E-state index in [1.54, 1.807) is 5.10 Å². The van der Waals surface area contributed by atoms with Gasteiger partial charge in [-0.15, -0.1) is 0 Å². The van der Waals surface area contributed by atoms with Gasteiger partial charge in [0, 0.05) is 36.6 Å². The third-order valence-electron chi connectivity index (χ3n) is 6.02. The maximum atomic E-state index is 14.9. The number of pyridine rings is 1. The summed E-state index contributed by atoms with van der Waals surface area (Å²) >= 11 is 0. The lowest BCUT2D eigenvalue weighted by atomic mass is 10.1. The Morgan fingerprint density at radius 1 is 1.10 bits per heavy atom. The lowest BCUT2D eigenvalue weighted by Gasteiger charge is -2.20. The van der Waals surface area contributed by atoms with Crippen LogP contribution in [0.15, 0.2) is 52.6 Å². The normalized spacial score (nSPS) is 14.2. The molecule has 4 aromatic rings. The van der Waals surface area contributed by atoms with E-state index in [2.05, 4.69) is 20.4 Å². The molecule has 0 aliphatic heterocycles. The molecule has 40 heavy (non-hydrogen) atoms. The van der Waals surface area contributed by atoms with E-state index in [0.29, 0.717) is 0 Å². The van der Waals surface area contributed by atoms with Crippen molar-refractivity contribution in [2.45, 2.75) is 44.5 Å². The lowest BCUT2D eigenvalue weighted by molar-refractivity contribution is -0.138. The van der Waals surface area contributed by atoms with Gasteiger partial charge in [-0.3, -0.25) is 9.59 Å². The first kappa shape index (κ1) is 28.7. The van der Waals surface area contributed by atoms with E-state index >= 15 is 0 Å². The second-order valence-corrected chi connectivity index (χ2v) is 9.02. The van der Waals surface area contributed by atoms with Crippen LogP contribution in [0.2, 0.25) is 0 Å². The Labute approximate surface area is 220 Å². The number of alkyl halides is 6. The fraction of sp³-hybridized carbons (Fsp3) is 0.320. The van der Waals surface area contributed by atoms with E-state index < -0.39 is 66.0 Å². The minimum atomic E-state index is -4.97. The highest BCUT2D eigenvalue weighted by atomic mass is 19.4. The Balaban J connectivity index is 1.51. The number of aromatic nitrogens is 5. The molecule has 0 spiro atoms. The molecule has 0 saturated heterocycles. The van der Waals surface area contributed by atoms with Crippen molar-refractivity contribution in [1.29, 1.82) is 0 Å². The Hall–Kier alpha value is -4.30. The smallest absolute Gasteiger partial charge is 0.381 e. The number of hydrogen-bond acceptors (Lipinski definition) is 6. The number of rotatable bonds is 9. The molecule has 8 nitrogen and oxygen atoms in total. The largest absolute Gasteiger partial charge is 0.423 e. The van der Waals surface area contributed by atoms with E-state index in [1.165, 1.54) is 25.3 Å². The summed E-state index contributed by atoms with van der Waals surface area (Å²) in [5, 5.41) is 7.67. The third kappa shape index (κ3) is 6.13. The zero-order valence-corrected chi connectivity index (χ0v) is 20.6. The van der Waals surface area contributed by atoms with Crippen LogP contribution in [-0.2, 0) is 12.7 Å². The number of nitrogens with zero attached hydrogens (tertiary/aromatic N) is 4. The van der Waals surface area contributed by atoms with Gasteiger partial charge in [0.25, 0.3) is 11.1 Å². The first-order valence-corrected chi connectivity index (χ1v) is 11.8. The topological polar surface area (TPSA) is 106 Å². The summed E-state index contributed by atoms with van der Waals surface area (Å²) in [7, 11) is 0. The van der Waals surface area contributed by atoms with Crippen LogP contribution in [0, 0.1) is 5.82 Å². The average Bonchev–Trinajstić information content (AvgIpc) is 2.89. The molecule has 2 N–H and O–H groups in total. The predicted molar refractivity (Wildman–Crippen MR) is 131 cm³/mol. The fourth-order valence-electron chi connectivity index (χ4n) is 4.13. The molecule has 1 aromatic carbocycles. The number of anilines is 1. The van der Waals surface area contributed by atoms with Crippen molar-refractivity contribution < 1.29 is 30.7 Å². The summed E-state index contributed by atoms with van der Waals surface area (Å²) in [6.07, 6.45) is -4.82. The molecule has 4 rings (SSSR count). The average molecular weight is 570 g/mol. The fourth-order valence-corrected chi connectivity index (χ4v) is 4.13. The first-order valence-electron chi connectivity index (χ1n) is 11.8. The molecule has 212 valence electrons. The van der Waals surface area contributed by atoms with Crippen molar-refractivity contribution in [3.05, 3.63) is 80.6 Å². The second kappa shape index (κ2) is 11.4. The molecule has 0 amide bonds. The minimum absolute atomic E-state index is 0.0793. The van der Waals surface area contributed by atoms with E-state index in [9.17, 15) is 40.3 Å². The van der Waals surface area contributed by atoms with Gasteiger partial charge in [-0.1, -0.05) is 0 Å². The van der Waals surface area contributed by atoms with E-state index in [1.807, 2.05) is 0 Å². The number of H-pyrrole nitrogens is 1. The molecular weight excluding hydrogens is 549 g/mol. The van der Waals surface area contributed by atoms with E-state index in [4.69, 9.17) is 0 Å². The molecule has 0 saturated carbocycles. The van der Waals surface area contributed by atoms with Crippen LogP contribution in [0.3, 0.4) is 0 Å². The van der Waals surface area contributed by atoms with Gasteiger partial charge >= 0.3 is 6.18 Å². The van der Waals surface area contributed by atoms with Crippen LogP contribution >= 0.6 is 0 Å². The van der Waals surface area contributed by atoms with Crippen LogP contribution in [0.5, 0.6) is 0 Å². The van der Waals surface area contributed by atoms with Crippen LogP contribution in [0.4, 0.5) is 36.4 Å². The molecule has 0 radical (unpaired) electrons. The van der Waals surface area contributed by atoms with Crippen molar-refractivity contribution in [3.8, 4) is 11.4 Å². The quantitative estimate of drug-likeness (QED) is 0.277. The van der Waals surface area contributed by atoms with Crippen molar-refractivity contribution in [2.75, 3.05) is 12.0 Å². The maximum absolute atomic E-state index is 14.9. The Morgan fingerprint density at radius 3 is 2.45 bits per heavy atom. The standard InChI is InChI=1S/C25H21F7N6O2/c1-12(36-20-10-35-37-23(39)21(20)25(30,31)32)4-15(27)11-38-3-2-13-5-17(18(28)6-16(13)24(38)40)22-33-8-14(9-34-22)19(29)7-26/h2-3,5-6,8-10,12,15,19H,4,7,11H2,1H3,(H2,36,37,39)/t12-,15+,19-/m0/s1. The third-order valence-corrected chi connectivity index (χ3v) is 6.02. The molecule has 0 bridgehead atoms. The number of benzene rings is 1. The molecule has 3 aromatic heterocycles. The van der Waals surface area contributed by atoms with Gasteiger partial charge < -0.3 is 9.88 Å². The monoisotopic (exact) mass is 570 g/mol. The minimum Gasteiger partial charge on any atom is -0.381 e. The summed E-state index contributed by atoms with van der Waals surface area (Å²) < 4.78 is 96.4. The highest BCUT2D eigenvalue weighted by molar-refractivity contribution is 5.86. The summed E-state index contributed by atoms with van der Waals surface area (Å²) in [5.74, 6) is -0.994. The van der Waals surface area contributed by atoms with Gasteiger partial charge in [0.1, 0.15) is 24.2 Å². The van der Waals surface area contributed by atoms with Gasteiger partial charge in [0.05, 0.1) is 29.4 Å². The lowest BCUT2D eigenvalue weighted by Crippen LogP contribution is -2.30. The summed E-state index contributed by atoms with van der Waals surface area (Å²) in [6.45, 7) is -0.347. The summed E-state index contributed by atoms with van der Waals surface area (Å²) in [6, 6.07) is 2.76. The van der Waals surface area contributed by atoms with E-state index in [0.717, 1.165) is 29.2 Å². The van der Waals surface area contributed by atoms with E-state index in [-0.39, 0.29) is 34.1 Å². The summed E-state index contributed by atoms with van der Waals surface area (Å²) in [5.41, 5.74) is -4.49. The van der Waals surface area contributed by atoms with Crippen LogP contribution in [0.1, 0.15) is 30.6 Å². The Morgan fingerprint density at radius 2 is 1.80 bits per heavy atom. The number of halogens is 7. The number of nitrogens with one attached hydrogen (secondary N) is 2. The van der Waals surface area contributed by atoms with Gasteiger partial charge in [0.15, 0.2) is 12.0 Å².